The molecule has 1 unspecified atom stereocenters. The zero-order valence-corrected chi connectivity index (χ0v) is 37.0. The van der Waals surface area contributed by atoms with Crippen molar-refractivity contribution < 1.29 is 30.0 Å². The van der Waals surface area contributed by atoms with Gasteiger partial charge in [-0.25, -0.2) is 9.59 Å². The predicted octanol–water partition coefficient (Wildman–Crippen LogP) is 3.33. The summed E-state index contributed by atoms with van der Waals surface area (Å²) >= 11 is 0. The smallest absolute Gasteiger partial charge is 0.330 e. The number of aliphatic imine (C=N–C) groups is 2. The lowest BCUT2D eigenvalue weighted by molar-refractivity contribution is 0.0740. The number of pyridine rings is 1. The molecule has 4 aliphatic rings. The molecule has 7 heterocycles. The monoisotopic (exact) mass is 897 g/mol. The van der Waals surface area contributed by atoms with E-state index in [1.807, 2.05) is 18.2 Å². The Morgan fingerprint density at radius 2 is 1.02 bits per heavy atom. The van der Waals surface area contributed by atoms with Crippen molar-refractivity contribution in [1.29, 1.82) is 0 Å². The van der Waals surface area contributed by atoms with Crippen molar-refractivity contribution in [3.8, 4) is 23.0 Å². The number of aromatic nitrogens is 5. The van der Waals surface area contributed by atoms with Gasteiger partial charge in [-0.1, -0.05) is 18.2 Å². The molecular weight excluding hydrogens is 851 g/mol. The van der Waals surface area contributed by atoms with Gasteiger partial charge in [0.2, 0.25) is 0 Å². The fourth-order valence-corrected chi connectivity index (χ4v) is 8.59. The highest BCUT2D eigenvalue weighted by atomic mass is 16.5. The summed E-state index contributed by atoms with van der Waals surface area (Å²) in [4.78, 5) is 95.9. The van der Waals surface area contributed by atoms with Crippen molar-refractivity contribution >= 4 is 46.8 Å². The molecule has 0 fully saturated rings. The molecule has 0 spiro atoms. The highest BCUT2D eigenvalue weighted by Crippen LogP contribution is 2.40. The van der Waals surface area contributed by atoms with E-state index in [1.54, 1.807) is 72.7 Å². The molecule has 0 N–H and O–H groups in total. The summed E-state index contributed by atoms with van der Waals surface area (Å²) < 4.78 is 28.6. The SMILES string of the molecule is COc1cc2c(cc1OCc1cccc(COc3cc4c(cc3OC)C(=O)N3CC=C(c5cn(C)c(=O)n(C)c5=O)C[C@H]3C=N4)n1)N=CC1CC(c3cn(C)c(=O)n(C)c3=O)=CCN1C2=O.[HH]. The predicted molar refractivity (Wildman–Crippen MR) is 246 cm³/mol. The van der Waals surface area contributed by atoms with Crippen LogP contribution >= 0.6 is 0 Å². The van der Waals surface area contributed by atoms with Crippen LogP contribution in [0.15, 0.2) is 96.2 Å². The molecule has 9 rings (SSSR count). The fourth-order valence-electron chi connectivity index (χ4n) is 8.59. The lowest BCUT2D eigenvalue weighted by atomic mass is 9.95. The molecule has 19 nitrogen and oxygen atoms in total. The molecule has 0 saturated carbocycles. The van der Waals surface area contributed by atoms with E-state index in [2.05, 4.69) is 9.98 Å². The summed E-state index contributed by atoms with van der Waals surface area (Å²) in [5, 5.41) is 0. The average molecular weight is 898 g/mol. The maximum absolute atomic E-state index is 13.9. The Labute approximate surface area is 377 Å². The number of carbonyl (C=O) groups is 2. The molecule has 19 heteroatoms. The third-order valence-electron chi connectivity index (χ3n) is 12.2. The Morgan fingerprint density at radius 1 is 0.591 bits per heavy atom. The molecule has 2 aromatic carbocycles. The van der Waals surface area contributed by atoms with Gasteiger partial charge in [-0.05, 0) is 48.3 Å². The topological polar surface area (TPSA) is 203 Å². The lowest BCUT2D eigenvalue weighted by Gasteiger charge is -2.32. The van der Waals surface area contributed by atoms with Crippen LogP contribution in [0, 0.1) is 0 Å². The number of fused-ring (bicyclic) bond motifs is 4. The number of ether oxygens (including phenoxy) is 4. The van der Waals surface area contributed by atoms with Gasteiger partial charge in [0, 0.05) is 79.7 Å². The van der Waals surface area contributed by atoms with Gasteiger partial charge in [0.05, 0.1) is 71.3 Å². The number of hydrogen-bond donors (Lipinski definition) is 0. The largest absolute Gasteiger partial charge is 0.493 e. The van der Waals surface area contributed by atoms with E-state index in [0.717, 1.165) is 20.3 Å². The third kappa shape index (κ3) is 7.71. The highest BCUT2D eigenvalue weighted by Gasteiger charge is 2.35. The minimum absolute atomic E-state index is 0. The van der Waals surface area contributed by atoms with E-state index in [9.17, 15) is 28.8 Å². The molecule has 0 bridgehead atoms. The number of rotatable bonds is 10. The number of aryl methyl sites for hydroxylation is 2. The molecule has 2 atom stereocenters. The molecule has 0 saturated heterocycles. The van der Waals surface area contributed by atoms with Crippen molar-refractivity contribution in [3.63, 3.8) is 0 Å². The number of amides is 2. The molecule has 3 aromatic heterocycles. The third-order valence-corrected chi connectivity index (χ3v) is 12.2. The first-order valence-electron chi connectivity index (χ1n) is 21.0. The lowest BCUT2D eigenvalue weighted by Crippen LogP contribution is -2.44. The second-order valence-corrected chi connectivity index (χ2v) is 16.3. The van der Waals surface area contributed by atoms with Crippen LogP contribution in [0.2, 0.25) is 0 Å². The summed E-state index contributed by atoms with van der Waals surface area (Å²) in [7, 11) is 9.03. The van der Waals surface area contributed by atoms with Gasteiger partial charge in [-0.3, -0.25) is 43.3 Å². The first-order valence-corrected chi connectivity index (χ1v) is 21.0. The van der Waals surface area contributed by atoms with Gasteiger partial charge >= 0.3 is 11.4 Å². The summed E-state index contributed by atoms with van der Waals surface area (Å²) in [5.74, 6) is 0.848. The molecule has 2 amide bonds. The highest BCUT2D eigenvalue weighted by molar-refractivity contribution is 6.05. The van der Waals surface area contributed by atoms with Crippen molar-refractivity contribution in [3.05, 3.63) is 142 Å². The molecule has 0 aliphatic carbocycles. The Balaban J connectivity index is 0.00000608. The van der Waals surface area contributed by atoms with Crippen molar-refractivity contribution in [2.45, 2.75) is 38.1 Å². The summed E-state index contributed by atoms with van der Waals surface area (Å²) in [6.45, 7) is 0.558. The molecule has 0 radical (unpaired) electrons. The van der Waals surface area contributed by atoms with Gasteiger partial charge in [-0.15, -0.1) is 0 Å². The summed E-state index contributed by atoms with van der Waals surface area (Å²) in [6, 6.07) is 11.1. The molecular formula is C47H47N9O10. The summed E-state index contributed by atoms with van der Waals surface area (Å²) in [6.07, 6.45) is 10.8. The zero-order valence-electron chi connectivity index (χ0n) is 37.0. The summed E-state index contributed by atoms with van der Waals surface area (Å²) in [5.41, 5.74) is 3.21. The van der Waals surface area contributed by atoms with Gasteiger partial charge in [0.15, 0.2) is 23.0 Å². The number of carbonyl (C=O) groups excluding carboxylic acids is 2. The minimum atomic E-state index is -0.440. The van der Waals surface area contributed by atoms with Gasteiger partial charge in [-0.2, -0.15) is 0 Å². The Kier molecular flexibility index (Phi) is 11.2. The number of methoxy groups -OCH3 is 2. The van der Waals surface area contributed by atoms with E-state index < -0.39 is 34.6 Å². The molecule has 5 aromatic rings. The first-order chi connectivity index (χ1) is 31.7. The first kappa shape index (κ1) is 43.2. The van der Waals surface area contributed by atoms with Crippen LogP contribution in [-0.2, 0) is 41.4 Å². The van der Waals surface area contributed by atoms with Crippen molar-refractivity contribution in [2.75, 3.05) is 27.3 Å². The normalized spacial score (nSPS) is 17.4. The number of benzene rings is 2. The fraction of sp³-hybridized carbons (Fsp3) is 0.298. The van der Waals surface area contributed by atoms with Crippen molar-refractivity contribution in [2.24, 2.45) is 38.2 Å². The standard InChI is InChI=1S/C47H45N9O10.H2/c1-51-22-34(42(57)53(3)46(51)61)26-10-12-55-30(14-26)20-48-36-18-40(38(63-5)16-32(36)44(55)59)65-24-28-8-7-9-29(50-28)25-66-41-19-37-33(17-39(41)64-6)45(60)56-13-11-27(15-31(56)21-49-37)35-23-52(2)47(62)54(4)43(35)58;/h7-11,16-23,30-31H,12-15,24-25H2,1-6H3;1H/t30-,31?;/m0./s1. The molecule has 66 heavy (non-hydrogen) atoms. The van der Waals surface area contributed by atoms with Gasteiger partial charge in [0.25, 0.3) is 22.9 Å². The Morgan fingerprint density at radius 3 is 1.42 bits per heavy atom. The van der Waals surface area contributed by atoms with Crippen molar-refractivity contribution in [1.82, 2.24) is 33.1 Å². The van der Waals surface area contributed by atoms with E-state index in [4.69, 9.17) is 23.9 Å². The van der Waals surface area contributed by atoms with Crippen LogP contribution in [0.25, 0.3) is 11.1 Å². The maximum Gasteiger partial charge on any atom is 0.330 e. The Hall–Kier alpha value is -8.09. The minimum Gasteiger partial charge on any atom is -0.493 e. The van der Waals surface area contributed by atoms with Gasteiger partial charge < -0.3 is 37.9 Å². The van der Waals surface area contributed by atoms with E-state index >= 15 is 0 Å². The van der Waals surface area contributed by atoms with Crippen LogP contribution in [-0.4, -0.2) is 96.7 Å². The molecule has 340 valence electrons. The Bertz CT molecular complexity index is 3040. The van der Waals surface area contributed by atoms with E-state index in [1.165, 1.54) is 49.8 Å². The number of hydrogen-bond acceptors (Lipinski definition) is 13. The van der Waals surface area contributed by atoms with Crippen LogP contribution in [0.4, 0.5) is 11.4 Å². The maximum atomic E-state index is 13.9. The van der Waals surface area contributed by atoms with Gasteiger partial charge in [0.1, 0.15) is 13.2 Å². The van der Waals surface area contributed by atoms with Crippen LogP contribution in [0.3, 0.4) is 0 Å². The van der Waals surface area contributed by atoms with Crippen LogP contribution < -0.4 is 41.4 Å². The van der Waals surface area contributed by atoms with E-state index in [-0.39, 0.29) is 39.5 Å². The second kappa shape index (κ2) is 17.1. The number of nitrogens with zero attached hydrogens (tertiary/aromatic N) is 9. The van der Waals surface area contributed by atoms with E-state index in [0.29, 0.717) is 80.9 Å². The average Bonchev–Trinajstić information content (AvgIpc) is 3.55. The quantitative estimate of drug-likeness (QED) is 0.199. The zero-order chi connectivity index (χ0) is 46.6. The van der Waals surface area contributed by atoms with Crippen LogP contribution in [0.1, 0.15) is 57.5 Å². The molecule has 4 aliphatic heterocycles. The van der Waals surface area contributed by atoms with Crippen LogP contribution in [0.5, 0.6) is 23.0 Å². The second-order valence-electron chi connectivity index (χ2n) is 16.3.